The van der Waals surface area contributed by atoms with E-state index in [4.69, 9.17) is 5.26 Å². The molecule has 1 saturated carbocycles. The Balaban J connectivity index is 1.52. The molecule has 0 aromatic carbocycles. The highest BCUT2D eigenvalue weighted by molar-refractivity contribution is 5.97. The zero-order valence-corrected chi connectivity index (χ0v) is 16.9. The van der Waals surface area contributed by atoms with Crippen molar-refractivity contribution in [1.29, 1.82) is 5.26 Å². The molecule has 2 aliphatic rings. The summed E-state index contributed by atoms with van der Waals surface area (Å²) in [5, 5.41) is 29.9. The number of amides is 1. The van der Waals surface area contributed by atoms with Crippen molar-refractivity contribution in [2.24, 2.45) is 5.92 Å². The molecule has 2 fully saturated rings. The van der Waals surface area contributed by atoms with Crippen molar-refractivity contribution in [3.8, 4) is 6.07 Å². The summed E-state index contributed by atoms with van der Waals surface area (Å²) in [5.74, 6) is 1.33. The molecular weight excluding hydrogens is 382 g/mol. The van der Waals surface area contributed by atoms with E-state index in [0.29, 0.717) is 23.4 Å². The van der Waals surface area contributed by atoms with Gasteiger partial charge in [0.15, 0.2) is 17.2 Å². The number of hydrogen-bond acceptors (Lipinski definition) is 9. The third-order valence-electron chi connectivity index (χ3n) is 5.77. The molecule has 3 unspecified atom stereocenters. The number of hydrogen-bond donors (Lipinski definition) is 4. The van der Waals surface area contributed by atoms with Gasteiger partial charge in [-0.15, -0.1) is 10.2 Å². The van der Waals surface area contributed by atoms with Crippen LogP contribution in [0.3, 0.4) is 0 Å². The Bertz CT molecular complexity index is 940. The van der Waals surface area contributed by atoms with E-state index in [2.05, 4.69) is 41.4 Å². The number of rotatable bonds is 5. The van der Waals surface area contributed by atoms with Gasteiger partial charge in [-0.05, 0) is 44.6 Å². The molecule has 2 aromatic heterocycles. The fourth-order valence-electron chi connectivity index (χ4n) is 4.26. The SMILES string of the molecule is CNC(=O)c1nnc(Nc2cnc(C#N)cn2)cc1NC1CCC2CCCNC2C1. The van der Waals surface area contributed by atoms with E-state index in [1.165, 1.54) is 31.7 Å². The normalized spacial score (nSPS) is 23.0. The summed E-state index contributed by atoms with van der Waals surface area (Å²) in [6, 6.07) is 4.47. The summed E-state index contributed by atoms with van der Waals surface area (Å²) >= 11 is 0. The van der Waals surface area contributed by atoms with Gasteiger partial charge in [0.25, 0.3) is 5.91 Å². The summed E-state index contributed by atoms with van der Waals surface area (Å²) in [7, 11) is 1.57. The van der Waals surface area contributed by atoms with E-state index in [1.54, 1.807) is 13.1 Å². The molecule has 1 saturated heterocycles. The van der Waals surface area contributed by atoms with Crippen molar-refractivity contribution in [2.75, 3.05) is 24.2 Å². The summed E-state index contributed by atoms with van der Waals surface area (Å²) in [6.07, 6.45) is 8.63. The highest BCUT2D eigenvalue weighted by Gasteiger charge is 2.32. The topological polar surface area (TPSA) is 141 Å². The maximum absolute atomic E-state index is 12.3. The molecule has 156 valence electrons. The second-order valence-electron chi connectivity index (χ2n) is 7.71. The third-order valence-corrected chi connectivity index (χ3v) is 5.77. The van der Waals surface area contributed by atoms with Crippen LogP contribution in [-0.2, 0) is 0 Å². The molecule has 3 heterocycles. The quantitative estimate of drug-likeness (QED) is 0.581. The minimum absolute atomic E-state index is 0.232. The van der Waals surface area contributed by atoms with E-state index >= 15 is 0 Å². The molecule has 0 bridgehead atoms. The summed E-state index contributed by atoms with van der Waals surface area (Å²) < 4.78 is 0. The van der Waals surface area contributed by atoms with Gasteiger partial charge in [0.1, 0.15) is 11.9 Å². The highest BCUT2D eigenvalue weighted by atomic mass is 16.1. The molecule has 3 atom stereocenters. The molecule has 10 nitrogen and oxygen atoms in total. The summed E-state index contributed by atoms with van der Waals surface area (Å²) in [4.78, 5) is 20.4. The molecular formula is C20H25N9O. The molecule has 1 aliphatic heterocycles. The first-order chi connectivity index (χ1) is 14.7. The molecule has 2 aromatic rings. The fraction of sp³-hybridized carbons (Fsp3) is 0.500. The van der Waals surface area contributed by atoms with Crippen LogP contribution in [0.25, 0.3) is 0 Å². The Kier molecular flexibility index (Phi) is 5.99. The van der Waals surface area contributed by atoms with Crippen molar-refractivity contribution < 1.29 is 4.79 Å². The van der Waals surface area contributed by atoms with Crippen LogP contribution >= 0.6 is 0 Å². The van der Waals surface area contributed by atoms with Gasteiger partial charge in [-0.1, -0.05) is 0 Å². The minimum Gasteiger partial charge on any atom is -0.380 e. The first-order valence-electron chi connectivity index (χ1n) is 10.2. The van der Waals surface area contributed by atoms with Gasteiger partial charge >= 0.3 is 0 Å². The smallest absolute Gasteiger partial charge is 0.273 e. The number of nitriles is 1. The molecule has 1 amide bonds. The lowest BCUT2D eigenvalue weighted by atomic mass is 9.77. The molecule has 4 N–H and O–H groups in total. The van der Waals surface area contributed by atoms with Crippen molar-refractivity contribution >= 4 is 23.2 Å². The number of carbonyl (C=O) groups is 1. The zero-order chi connectivity index (χ0) is 20.9. The Labute approximate surface area is 174 Å². The van der Waals surface area contributed by atoms with Crippen molar-refractivity contribution in [1.82, 2.24) is 30.8 Å². The Morgan fingerprint density at radius 1 is 1.20 bits per heavy atom. The van der Waals surface area contributed by atoms with Crippen LogP contribution in [0.1, 0.15) is 48.3 Å². The Hall–Kier alpha value is -3.32. The number of nitrogens with zero attached hydrogens (tertiary/aromatic N) is 5. The fourth-order valence-corrected chi connectivity index (χ4v) is 4.26. The first kappa shape index (κ1) is 20.0. The van der Waals surface area contributed by atoms with Gasteiger partial charge in [-0.2, -0.15) is 5.26 Å². The Morgan fingerprint density at radius 2 is 2.10 bits per heavy atom. The second kappa shape index (κ2) is 9.00. The number of aromatic nitrogens is 4. The molecule has 4 rings (SSSR count). The number of piperidine rings is 1. The number of nitrogens with one attached hydrogen (secondary N) is 4. The molecule has 1 aliphatic carbocycles. The second-order valence-corrected chi connectivity index (χ2v) is 7.71. The van der Waals surface area contributed by atoms with E-state index in [-0.39, 0.29) is 23.3 Å². The van der Waals surface area contributed by atoms with Crippen LogP contribution in [0.5, 0.6) is 0 Å². The van der Waals surface area contributed by atoms with E-state index in [9.17, 15) is 4.79 Å². The van der Waals surface area contributed by atoms with Gasteiger partial charge in [0.05, 0.1) is 18.1 Å². The number of anilines is 3. The van der Waals surface area contributed by atoms with E-state index < -0.39 is 0 Å². The number of carbonyl (C=O) groups excluding carboxylic acids is 1. The standard InChI is InChI=1S/C20H25N9O/c1-22-20(30)19-16(26-13-5-4-12-3-2-6-23-15(12)7-13)8-17(28-29-19)27-18-11-24-14(9-21)10-25-18/h8,10-13,15,23H,2-7H2,1H3,(H,22,30)(H2,25,26,27,28). The van der Waals surface area contributed by atoms with Gasteiger partial charge < -0.3 is 21.3 Å². The monoisotopic (exact) mass is 407 g/mol. The van der Waals surface area contributed by atoms with Gasteiger partial charge in [-0.25, -0.2) is 9.97 Å². The van der Waals surface area contributed by atoms with Crippen molar-refractivity contribution in [2.45, 2.75) is 44.2 Å². The Morgan fingerprint density at radius 3 is 2.87 bits per heavy atom. The molecule has 0 radical (unpaired) electrons. The molecule has 10 heteroatoms. The first-order valence-corrected chi connectivity index (χ1v) is 10.2. The van der Waals surface area contributed by atoms with Crippen molar-refractivity contribution in [3.05, 3.63) is 29.8 Å². The average Bonchev–Trinajstić information content (AvgIpc) is 2.79. The predicted molar refractivity (Wildman–Crippen MR) is 111 cm³/mol. The lowest BCUT2D eigenvalue weighted by Crippen LogP contribution is -2.48. The van der Waals surface area contributed by atoms with Crippen LogP contribution in [-0.4, -0.2) is 51.7 Å². The predicted octanol–water partition coefficient (Wildman–Crippen LogP) is 1.57. The maximum atomic E-state index is 12.3. The molecule has 30 heavy (non-hydrogen) atoms. The summed E-state index contributed by atoms with van der Waals surface area (Å²) in [5.41, 5.74) is 1.12. The van der Waals surface area contributed by atoms with Gasteiger partial charge in [-0.3, -0.25) is 4.79 Å². The molecule has 0 spiro atoms. The lowest BCUT2D eigenvalue weighted by Gasteiger charge is -2.40. The van der Waals surface area contributed by atoms with Crippen molar-refractivity contribution in [3.63, 3.8) is 0 Å². The van der Waals surface area contributed by atoms with Crippen LogP contribution in [0.4, 0.5) is 17.3 Å². The van der Waals surface area contributed by atoms with E-state index in [0.717, 1.165) is 25.3 Å². The van der Waals surface area contributed by atoms with Crippen LogP contribution in [0, 0.1) is 17.2 Å². The lowest BCUT2D eigenvalue weighted by molar-refractivity contribution is 0.0958. The van der Waals surface area contributed by atoms with Crippen LogP contribution < -0.4 is 21.3 Å². The average molecular weight is 407 g/mol. The summed E-state index contributed by atoms with van der Waals surface area (Å²) in [6.45, 7) is 1.08. The van der Waals surface area contributed by atoms with Crippen LogP contribution in [0.15, 0.2) is 18.5 Å². The van der Waals surface area contributed by atoms with E-state index in [1.807, 2.05) is 6.07 Å². The third kappa shape index (κ3) is 4.46. The number of fused-ring (bicyclic) bond motifs is 1. The van der Waals surface area contributed by atoms with Gasteiger partial charge in [0.2, 0.25) is 0 Å². The zero-order valence-electron chi connectivity index (χ0n) is 16.9. The minimum atomic E-state index is -0.292. The van der Waals surface area contributed by atoms with Crippen LogP contribution in [0.2, 0.25) is 0 Å². The highest BCUT2D eigenvalue weighted by Crippen LogP contribution is 2.33. The van der Waals surface area contributed by atoms with Gasteiger partial charge in [0, 0.05) is 25.2 Å². The largest absolute Gasteiger partial charge is 0.380 e. The maximum Gasteiger partial charge on any atom is 0.273 e.